The molecule has 328 valence electrons. The summed E-state index contributed by atoms with van der Waals surface area (Å²) in [5, 5.41) is 10.8. The summed E-state index contributed by atoms with van der Waals surface area (Å²) in [5.41, 5.74) is 5.89. The topological polar surface area (TPSA) is 51.2 Å². The average molecular weight is 969 g/mol. The van der Waals surface area contributed by atoms with Gasteiger partial charge in [-0.3, -0.25) is 0 Å². The van der Waals surface area contributed by atoms with E-state index in [4.69, 9.17) is 0 Å². The van der Waals surface area contributed by atoms with E-state index in [1.54, 1.807) is 0 Å². The molecular weight excluding hydrogens is 924 g/mol. The molecule has 0 spiro atoms. The van der Waals surface area contributed by atoms with E-state index in [1.807, 2.05) is 170 Å². The van der Waals surface area contributed by atoms with Crippen LogP contribution in [0.5, 0.6) is 0 Å². The van der Waals surface area contributed by atoms with Gasteiger partial charge in [-0.1, -0.05) is 109 Å². The maximum absolute atomic E-state index is 16.5. The van der Waals surface area contributed by atoms with Crippen molar-refractivity contribution < 1.29 is 13.7 Å². The number of fused-ring (bicyclic) bond motifs is 3. The molecule has 0 saturated carbocycles. The first kappa shape index (κ1) is 43.1. The molecule has 3 atom stereocenters. The van der Waals surface area contributed by atoms with Gasteiger partial charge in [-0.05, 0) is 11.1 Å². The van der Waals surface area contributed by atoms with Gasteiger partial charge in [-0.2, -0.15) is 0 Å². The van der Waals surface area contributed by atoms with Gasteiger partial charge in [-0.15, -0.1) is 0 Å². The van der Waals surface area contributed by atoms with Crippen LogP contribution in [0.2, 0.25) is 0 Å². The summed E-state index contributed by atoms with van der Waals surface area (Å²) in [7, 11) is -6.66. The van der Waals surface area contributed by atoms with Gasteiger partial charge < -0.3 is 9.13 Å². The Morgan fingerprint density at radius 2 is 0.735 bits per heavy atom. The Hall–Kier alpha value is -6.25. The van der Waals surface area contributed by atoms with Crippen LogP contribution in [0.4, 0.5) is 0 Å². The van der Waals surface area contributed by atoms with Crippen LogP contribution in [0.15, 0.2) is 237 Å². The van der Waals surface area contributed by atoms with Crippen LogP contribution in [0.3, 0.4) is 0 Å². The van der Waals surface area contributed by atoms with Gasteiger partial charge in [0.2, 0.25) is 0 Å². The SMILES string of the molecule is O=P1(c2ccccc2)C(c2ccc(P(=O)(c3ccc(C4=Cc5ccccc5P4(=O)c4ccccc4)cc3)c3ccc(C4=Cc5ccccc5[PH]4(P)c4ccccc4)cc3)cc2)=Cc2ccccc21. The second-order valence-electron chi connectivity index (χ2n) is 17.6. The molecule has 3 nitrogen and oxygen atoms in total. The molecule has 12 rings (SSSR count). The van der Waals surface area contributed by atoms with Crippen LogP contribution in [-0.2, 0) is 13.7 Å². The summed E-state index contributed by atoms with van der Waals surface area (Å²) in [5.74, 6) is 0. The van der Waals surface area contributed by atoms with Crippen molar-refractivity contribution in [3.8, 4) is 0 Å². The fraction of sp³-hybridized carbons (Fsp3) is 0. The molecule has 0 bridgehead atoms. The standard InChI is InChI=1S/C60H45O3P5/c61-65(51-34-28-43(29-35-51)58-40-46-16-10-13-25-55(46)66(58,62)49-19-4-1-5-20-49,52-36-30-44(31-37-52)59-41-47-17-11-14-26-56(47)67(59,63)50-21-6-2-7-22-50)53-38-32-45(33-39-53)60-42-48-18-12-15-27-57(48)68(60,64)54-23-8-3-9-24-54/h1-42,68H,64H2. The van der Waals surface area contributed by atoms with Crippen molar-refractivity contribution in [3.05, 3.63) is 270 Å². The smallest absolute Gasteiger partial charge is 0.0616 e. The Morgan fingerprint density at radius 1 is 0.368 bits per heavy atom. The molecule has 9 aromatic carbocycles. The average Bonchev–Trinajstić information content (AvgIpc) is 4.02. The predicted octanol–water partition coefficient (Wildman–Crippen LogP) is 12.0. The molecule has 9 aromatic rings. The third kappa shape index (κ3) is 6.60. The summed E-state index contributed by atoms with van der Waals surface area (Å²) in [4.78, 5) is 0. The first-order chi connectivity index (χ1) is 33.2. The minimum atomic E-state index is -3.57. The third-order valence-corrected chi connectivity index (χ3v) is 30.1. The zero-order valence-corrected chi connectivity index (χ0v) is 41.7. The zero-order valence-electron chi connectivity index (χ0n) is 36.9. The van der Waals surface area contributed by atoms with Crippen molar-refractivity contribution in [1.29, 1.82) is 0 Å². The van der Waals surface area contributed by atoms with Crippen molar-refractivity contribution in [2.45, 2.75) is 0 Å². The van der Waals surface area contributed by atoms with Gasteiger partial charge >= 0.3 is 252 Å². The van der Waals surface area contributed by atoms with Crippen molar-refractivity contribution in [3.63, 3.8) is 0 Å². The maximum atomic E-state index is 16.5. The molecule has 3 aliphatic heterocycles. The number of rotatable bonds is 9. The normalized spacial score (nSPS) is 19.9. The Balaban J connectivity index is 0.976. The second-order valence-corrected chi connectivity index (χ2v) is 31.7. The number of benzene rings is 9. The number of hydrogen-bond acceptors (Lipinski definition) is 3. The molecule has 0 radical (unpaired) electrons. The van der Waals surface area contributed by atoms with Gasteiger partial charge in [0, 0.05) is 21.2 Å². The van der Waals surface area contributed by atoms with E-state index in [2.05, 4.69) is 93.9 Å². The Kier molecular flexibility index (Phi) is 10.6. The molecule has 8 heteroatoms. The van der Waals surface area contributed by atoms with Gasteiger partial charge in [-0.25, -0.2) is 0 Å². The van der Waals surface area contributed by atoms with Crippen LogP contribution in [0.1, 0.15) is 33.4 Å². The van der Waals surface area contributed by atoms with E-state index in [0.717, 1.165) is 59.7 Å². The van der Waals surface area contributed by atoms with E-state index in [9.17, 15) is 0 Å². The van der Waals surface area contributed by atoms with E-state index < -0.39 is 28.4 Å². The van der Waals surface area contributed by atoms with Crippen LogP contribution < -0.4 is 47.7 Å². The Morgan fingerprint density at radius 3 is 1.19 bits per heavy atom. The van der Waals surface area contributed by atoms with Crippen LogP contribution in [0, 0.1) is 0 Å². The summed E-state index contributed by atoms with van der Waals surface area (Å²) >= 11 is 0. The predicted molar refractivity (Wildman–Crippen MR) is 299 cm³/mol. The fourth-order valence-corrected chi connectivity index (χ4v) is 25.0. The van der Waals surface area contributed by atoms with Gasteiger partial charge in [0.15, 0.2) is 0 Å². The van der Waals surface area contributed by atoms with Gasteiger partial charge in [0.25, 0.3) is 0 Å². The van der Waals surface area contributed by atoms with E-state index in [1.165, 1.54) is 21.5 Å². The van der Waals surface area contributed by atoms with E-state index in [-0.39, 0.29) is 0 Å². The molecule has 3 unspecified atom stereocenters. The Bertz CT molecular complexity index is 3530. The third-order valence-electron chi connectivity index (χ3n) is 14.0. The molecule has 0 fully saturated rings. The monoisotopic (exact) mass is 968 g/mol. The molecule has 0 saturated heterocycles. The van der Waals surface area contributed by atoms with Crippen molar-refractivity contribution in [1.82, 2.24) is 0 Å². The molecule has 68 heavy (non-hydrogen) atoms. The minimum Gasteiger partial charge on any atom is -0.0616 e. The molecule has 0 aromatic heterocycles. The van der Waals surface area contributed by atoms with Gasteiger partial charge in [0.1, 0.15) is 0 Å². The summed E-state index contributed by atoms with van der Waals surface area (Å²) < 4.78 is 47.4. The molecule has 3 aliphatic rings. The van der Waals surface area contributed by atoms with Gasteiger partial charge in [0.05, 0.1) is 0 Å². The molecule has 3 heterocycles. The molecule has 0 N–H and O–H groups in total. The quantitative estimate of drug-likeness (QED) is 0.135. The second kappa shape index (κ2) is 16.8. The van der Waals surface area contributed by atoms with E-state index >= 15 is 13.7 Å². The van der Waals surface area contributed by atoms with E-state index in [0.29, 0.717) is 15.9 Å². The molecular formula is C60H45O3P5. The Labute approximate surface area is 400 Å². The first-order valence-electron chi connectivity index (χ1n) is 22.8. The van der Waals surface area contributed by atoms with Crippen molar-refractivity contribution >= 4 is 119 Å². The van der Waals surface area contributed by atoms with Crippen LogP contribution >= 0.6 is 37.3 Å². The molecule has 0 aliphatic carbocycles. The van der Waals surface area contributed by atoms with Crippen LogP contribution in [-0.4, -0.2) is 0 Å². The first-order valence-corrected chi connectivity index (χ1v) is 31.7. The van der Waals surface area contributed by atoms with Crippen molar-refractivity contribution in [2.75, 3.05) is 0 Å². The summed E-state index contributed by atoms with van der Waals surface area (Å²) in [6.07, 6.45) is 6.45. The zero-order chi connectivity index (χ0) is 46.1. The molecule has 0 amide bonds. The van der Waals surface area contributed by atoms with Crippen LogP contribution in [0.25, 0.3) is 34.2 Å². The fourth-order valence-electron chi connectivity index (χ4n) is 10.6. The minimum absolute atomic E-state index is 0.668. The number of hydrogen-bond donors (Lipinski definition) is 0. The van der Waals surface area contributed by atoms with Crippen molar-refractivity contribution in [2.24, 2.45) is 0 Å². The summed E-state index contributed by atoms with van der Waals surface area (Å²) in [6, 6.07) is 79.0. The summed E-state index contributed by atoms with van der Waals surface area (Å²) in [6.45, 7) is -2.45.